The Bertz CT molecular complexity index is 2150. The van der Waals surface area contributed by atoms with E-state index in [9.17, 15) is 50.1 Å². The van der Waals surface area contributed by atoms with Crippen LogP contribution in [0.5, 0.6) is 0 Å². The van der Waals surface area contributed by atoms with Gasteiger partial charge in [0, 0.05) is 0 Å². The fraction of sp³-hybridized carbons (Fsp3) is 0.580. The second kappa shape index (κ2) is 25.7. The Morgan fingerprint density at radius 3 is 1.31 bits per heavy atom. The molecule has 72 heavy (non-hydrogen) atoms. The van der Waals surface area contributed by atoms with Crippen LogP contribution in [0.25, 0.3) is 0 Å². The van der Waals surface area contributed by atoms with Crippen molar-refractivity contribution in [1.29, 1.82) is 0 Å². The van der Waals surface area contributed by atoms with E-state index in [1.807, 2.05) is 6.07 Å². The first-order valence-electron chi connectivity index (χ1n) is 24.2. The number of rotatable bonds is 18. The molecule has 7 rings (SSSR count). The molecule has 22 nitrogen and oxygen atoms in total. The third kappa shape index (κ3) is 13.6. The maximum Gasteiger partial charge on any atom is 0.407 e. The Morgan fingerprint density at radius 1 is 0.500 bits per heavy atom. The summed E-state index contributed by atoms with van der Waals surface area (Å²) in [5.41, 5.74) is 2.06. The highest BCUT2D eigenvalue weighted by Gasteiger charge is 2.56. The van der Waals surface area contributed by atoms with E-state index < -0.39 is 141 Å². The lowest BCUT2D eigenvalue weighted by atomic mass is 9.80. The number of carbonyl (C=O) groups is 3. The minimum atomic E-state index is -1.80. The molecule has 3 amide bonds. The number of alkyl carbamates (subject to hydrolysis) is 3. The number of hydrogen-bond donors (Lipinski definition) is 10. The SMILES string of the molecule is CCC1OC(OC2C(CO)OC(OC3C(O)C(NC(=O)OCc4ccccc4)CC(C)C3OC3OC(CC)C(O)C(O)C3NC(=O)OCc3ccccc3)C2O)C(NC(=O)OCc2ccccc2)C(O)C1O. The van der Waals surface area contributed by atoms with Gasteiger partial charge in [0.25, 0.3) is 0 Å². The first-order valence-corrected chi connectivity index (χ1v) is 24.2. The Hall–Kier alpha value is -5.05. The van der Waals surface area contributed by atoms with Crippen LogP contribution in [0.2, 0.25) is 0 Å². The van der Waals surface area contributed by atoms with Crippen LogP contribution in [0.4, 0.5) is 14.4 Å². The molecular formula is C50H67N3O19. The summed E-state index contributed by atoms with van der Waals surface area (Å²) in [5.74, 6) is -0.654. The van der Waals surface area contributed by atoms with Crippen LogP contribution in [0.3, 0.4) is 0 Å². The Morgan fingerprint density at radius 2 is 0.889 bits per heavy atom. The van der Waals surface area contributed by atoms with Crippen molar-refractivity contribution in [2.24, 2.45) is 5.92 Å². The number of aliphatic hydroxyl groups excluding tert-OH is 7. The van der Waals surface area contributed by atoms with E-state index in [1.165, 1.54) is 0 Å². The normalized spacial score (nSPS) is 35.7. The summed E-state index contributed by atoms with van der Waals surface area (Å²) >= 11 is 0. The van der Waals surface area contributed by atoms with Crippen molar-refractivity contribution >= 4 is 18.3 Å². The summed E-state index contributed by atoms with van der Waals surface area (Å²) < 4.78 is 53.7. The predicted molar refractivity (Wildman–Crippen MR) is 249 cm³/mol. The summed E-state index contributed by atoms with van der Waals surface area (Å²) in [6.07, 6.45) is -24.5. The van der Waals surface area contributed by atoms with Crippen LogP contribution in [-0.4, -0.2) is 171 Å². The molecule has 19 atom stereocenters. The van der Waals surface area contributed by atoms with E-state index in [1.54, 1.807) is 106 Å². The van der Waals surface area contributed by atoms with Gasteiger partial charge in [-0.3, -0.25) is 0 Å². The molecule has 0 aromatic heterocycles. The van der Waals surface area contributed by atoms with Crippen LogP contribution < -0.4 is 16.0 Å². The number of aliphatic hydroxyl groups is 7. The lowest BCUT2D eigenvalue weighted by molar-refractivity contribution is -0.315. The first-order chi connectivity index (χ1) is 34.7. The highest BCUT2D eigenvalue weighted by atomic mass is 16.8. The van der Waals surface area contributed by atoms with E-state index in [4.69, 9.17) is 42.6 Å². The number of ether oxygens (including phenoxy) is 9. The lowest BCUT2D eigenvalue weighted by Gasteiger charge is -2.48. The number of amides is 3. The predicted octanol–water partition coefficient (Wildman–Crippen LogP) is 1.22. The molecule has 396 valence electrons. The molecule has 4 aliphatic rings. The minimum Gasteiger partial charge on any atom is -0.445 e. The number of nitrogens with one attached hydrogen (secondary N) is 3. The van der Waals surface area contributed by atoms with Gasteiger partial charge < -0.3 is 94.3 Å². The fourth-order valence-electron chi connectivity index (χ4n) is 9.33. The third-order valence-electron chi connectivity index (χ3n) is 13.3. The molecule has 3 aromatic carbocycles. The van der Waals surface area contributed by atoms with Crippen LogP contribution in [-0.2, 0) is 62.5 Å². The van der Waals surface area contributed by atoms with Gasteiger partial charge in [0.05, 0.1) is 31.0 Å². The van der Waals surface area contributed by atoms with Crippen molar-refractivity contribution in [2.45, 2.75) is 170 Å². The minimum absolute atomic E-state index is 0.0471. The smallest absolute Gasteiger partial charge is 0.407 e. The fourth-order valence-corrected chi connectivity index (χ4v) is 9.33. The maximum atomic E-state index is 13.2. The zero-order chi connectivity index (χ0) is 51.5. The third-order valence-corrected chi connectivity index (χ3v) is 13.3. The molecule has 4 fully saturated rings. The molecule has 3 aliphatic heterocycles. The van der Waals surface area contributed by atoms with Crippen LogP contribution in [0.15, 0.2) is 91.0 Å². The second-order valence-electron chi connectivity index (χ2n) is 18.4. The molecule has 0 bridgehead atoms. The molecule has 19 unspecified atom stereocenters. The molecular weight excluding hydrogens is 947 g/mol. The van der Waals surface area contributed by atoms with Gasteiger partial charge >= 0.3 is 18.3 Å². The van der Waals surface area contributed by atoms with Crippen molar-refractivity contribution in [3.63, 3.8) is 0 Å². The van der Waals surface area contributed by atoms with Gasteiger partial charge in [0.2, 0.25) is 0 Å². The summed E-state index contributed by atoms with van der Waals surface area (Å²) in [6, 6.07) is 22.6. The molecule has 0 radical (unpaired) electrons. The average molecular weight is 1010 g/mol. The monoisotopic (exact) mass is 1010 g/mol. The van der Waals surface area contributed by atoms with Gasteiger partial charge in [0.1, 0.15) is 86.8 Å². The molecule has 1 aliphatic carbocycles. The highest BCUT2D eigenvalue weighted by Crippen LogP contribution is 2.38. The zero-order valence-electron chi connectivity index (χ0n) is 40.1. The maximum absolute atomic E-state index is 13.2. The highest BCUT2D eigenvalue weighted by molar-refractivity contribution is 5.68. The van der Waals surface area contributed by atoms with Crippen LogP contribution >= 0.6 is 0 Å². The molecule has 3 aromatic rings. The number of carbonyl (C=O) groups excluding carboxylic acids is 3. The number of benzene rings is 3. The van der Waals surface area contributed by atoms with Gasteiger partial charge in [-0.1, -0.05) is 112 Å². The molecule has 3 heterocycles. The molecule has 10 N–H and O–H groups in total. The quantitative estimate of drug-likeness (QED) is 0.0801. The number of hydrogen-bond acceptors (Lipinski definition) is 19. The summed E-state index contributed by atoms with van der Waals surface area (Å²) in [4.78, 5) is 39.5. The average Bonchev–Trinajstić information content (AvgIpc) is 3.69. The second-order valence-corrected chi connectivity index (χ2v) is 18.4. The van der Waals surface area contributed by atoms with Crippen molar-refractivity contribution in [3.05, 3.63) is 108 Å². The van der Waals surface area contributed by atoms with Crippen molar-refractivity contribution < 1.29 is 92.8 Å². The first kappa shape index (κ1) is 54.7. The van der Waals surface area contributed by atoms with Crippen molar-refractivity contribution in [1.82, 2.24) is 16.0 Å². The Kier molecular flexibility index (Phi) is 19.6. The summed E-state index contributed by atoms with van der Waals surface area (Å²) in [7, 11) is 0. The van der Waals surface area contributed by atoms with Crippen LogP contribution in [0.1, 0.15) is 56.7 Å². The zero-order valence-corrected chi connectivity index (χ0v) is 40.1. The van der Waals surface area contributed by atoms with E-state index in [2.05, 4.69) is 16.0 Å². The van der Waals surface area contributed by atoms with Gasteiger partial charge in [0.15, 0.2) is 18.9 Å². The molecule has 1 saturated carbocycles. The van der Waals surface area contributed by atoms with E-state index in [0.29, 0.717) is 16.7 Å². The Labute approximate surface area is 416 Å². The molecule has 3 saturated heterocycles. The van der Waals surface area contributed by atoms with E-state index >= 15 is 0 Å². The Balaban J connectivity index is 1.11. The molecule has 22 heteroatoms. The largest absolute Gasteiger partial charge is 0.445 e. The lowest BCUT2D eigenvalue weighted by Crippen LogP contribution is -2.67. The van der Waals surface area contributed by atoms with Gasteiger partial charge in [-0.15, -0.1) is 0 Å². The standard InChI is InChI=1S/C50H67N3O19/c1-4-31-37(56)39(58)34(52-49(62)65-24-28-17-11-7-12-18-28)45(67-31)70-42-26(3)21-30(51-48(61)64-23-27-15-9-6-10-16-27)36(55)44(42)72-47-41(60)43(33(22-54)69-47)71-46-35(40(59)38(57)32(5-2)68-46)53-50(63)66-25-29-19-13-8-14-20-29/h6-20,26,30-47,54-60H,4-5,21-25H2,1-3H3,(H,51,61)(H,52,62)(H,53,63). The van der Waals surface area contributed by atoms with E-state index in [0.717, 1.165) is 0 Å². The topological polar surface area (TPSA) is 312 Å². The van der Waals surface area contributed by atoms with Gasteiger partial charge in [-0.05, 0) is 41.9 Å². The van der Waals surface area contributed by atoms with Crippen molar-refractivity contribution in [2.75, 3.05) is 6.61 Å². The molecule has 0 spiro atoms. The summed E-state index contributed by atoms with van der Waals surface area (Å²) in [6.45, 7) is 4.02. The van der Waals surface area contributed by atoms with E-state index in [-0.39, 0.29) is 39.1 Å². The van der Waals surface area contributed by atoms with Gasteiger partial charge in [-0.25, -0.2) is 14.4 Å². The van der Waals surface area contributed by atoms with Crippen molar-refractivity contribution in [3.8, 4) is 0 Å². The van der Waals surface area contributed by atoms with Gasteiger partial charge in [-0.2, -0.15) is 0 Å². The van der Waals surface area contributed by atoms with Crippen LogP contribution in [0, 0.1) is 5.92 Å². The summed E-state index contributed by atoms with van der Waals surface area (Å²) in [5, 5.41) is 87.1.